The molecule has 3 heterocycles. The fourth-order valence-corrected chi connectivity index (χ4v) is 3.93. The highest BCUT2D eigenvalue weighted by Gasteiger charge is 2.10. The summed E-state index contributed by atoms with van der Waals surface area (Å²) in [5.41, 5.74) is 3.70. The molecular formula is C17H11ClN4S2. The molecule has 0 amide bonds. The zero-order valence-electron chi connectivity index (χ0n) is 12.3. The van der Waals surface area contributed by atoms with Gasteiger partial charge in [0.1, 0.15) is 10.7 Å². The predicted octanol–water partition coefficient (Wildman–Crippen LogP) is 5.73. The highest BCUT2D eigenvalue weighted by Crippen LogP contribution is 2.32. The average molecular weight is 371 g/mol. The summed E-state index contributed by atoms with van der Waals surface area (Å²) in [6.45, 7) is 0. The van der Waals surface area contributed by atoms with E-state index in [1.165, 1.54) is 11.3 Å². The number of hydrogen-bond donors (Lipinski definition) is 1. The van der Waals surface area contributed by atoms with E-state index in [4.69, 9.17) is 11.6 Å². The zero-order chi connectivity index (χ0) is 16.4. The number of benzene rings is 1. The van der Waals surface area contributed by atoms with Crippen LogP contribution in [0.4, 0.5) is 10.8 Å². The Morgan fingerprint density at radius 1 is 0.958 bits per heavy atom. The summed E-state index contributed by atoms with van der Waals surface area (Å²) < 4.78 is 0. The van der Waals surface area contributed by atoms with E-state index >= 15 is 0 Å². The number of pyridine rings is 1. The molecule has 0 unspecified atom stereocenters. The largest absolute Gasteiger partial charge is 0.331 e. The quantitative estimate of drug-likeness (QED) is 0.498. The fraction of sp³-hybridized carbons (Fsp3) is 0. The van der Waals surface area contributed by atoms with Gasteiger partial charge in [0, 0.05) is 39.4 Å². The van der Waals surface area contributed by atoms with Crippen LogP contribution in [0.25, 0.3) is 22.0 Å². The highest BCUT2D eigenvalue weighted by molar-refractivity contribution is 7.15. The maximum absolute atomic E-state index is 6.00. The van der Waals surface area contributed by atoms with Crippen LogP contribution in [0.2, 0.25) is 5.02 Å². The van der Waals surface area contributed by atoms with Crippen molar-refractivity contribution in [2.75, 3.05) is 5.32 Å². The molecule has 1 N–H and O–H groups in total. The van der Waals surface area contributed by atoms with Crippen LogP contribution in [0.3, 0.4) is 0 Å². The van der Waals surface area contributed by atoms with Gasteiger partial charge in [0.25, 0.3) is 0 Å². The minimum Gasteiger partial charge on any atom is -0.331 e. The summed E-state index contributed by atoms with van der Waals surface area (Å²) in [4.78, 5) is 13.4. The monoisotopic (exact) mass is 370 g/mol. The van der Waals surface area contributed by atoms with Crippen LogP contribution in [0.1, 0.15) is 0 Å². The average Bonchev–Trinajstić information content (AvgIpc) is 3.25. The number of anilines is 2. The van der Waals surface area contributed by atoms with Crippen LogP contribution in [-0.4, -0.2) is 15.0 Å². The molecule has 118 valence electrons. The van der Waals surface area contributed by atoms with Gasteiger partial charge in [0.15, 0.2) is 5.13 Å². The Kier molecular flexibility index (Phi) is 4.25. The number of thiazole rings is 2. The Labute approximate surface area is 151 Å². The van der Waals surface area contributed by atoms with Gasteiger partial charge >= 0.3 is 0 Å². The molecule has 4 aromatic rings. The number of halogens is 1. The van der Waals surface area contributed by atoms with Crippen molar-refractivity contribution in [1.29, 1.82) is 0 Å². The molecule has 0 bridgehead atoms. The summed E-state index contributed by atoms with van der Waals surface area (Å²) in [5, 5.41) is 9.68. The SMILES string of the molecule is Clc1cccc(Nc2nc(-c3nc(-c4cccnc4)cs3)cs2)c1. The lowest BCUT2D eigenvalue weighted by molar-refractivity contribution is 1.29. The predicted molar refractivity (Wildman–Crippen MR) is 101 cm³/mol. The van der Waals surface area contributed by atoms with Gasteiger partial charge in [-0.3, -0.25) is 4.98 Å². The van der Waals surface area contributed by atoms with Gasteiger partial charge in [-0.05, 0) is 30.3 Å². The summed E-state index contributed by atoms with van der Waals surface area (Å²) >= 11 is 9.12. The molecule has 0 saturated carbocycles. The van der Waals surface area contributed by atoms with E-state index in [2.05, 4.69) is 20.3 Å². The second-order valence-electron chi connectivity index (χ2n) is 4.95. The highest BCUT2D eigenvalue weighted by atomic mass is 35.5. The first-order chi connectivity index (χ1) is 11.8. The Hall–Kier alpha value is -2.28. The Balaban J connectivity index is 1.56. The third kappa shape index (κ3) is 3.31. The summed E-state index contributed by atoms with van der Waals surface area (Å²) in [6.07, 6.45) is 3.57. The first-order valence-electron chi connectivity index (χ1n) is 7.12. The molecule has 0 aliphatic heterocycles. The van der Waals surface area contributed by atoms with Gasteiger partial charge in [-0.15, -0.1) is 22.7 Å². The molecule has 0 aliphatic rings. The van der Waals surface area contributed by atoms with Gasteiger partial charge in [-0.1, -0.05) is 17.7 Å². The molecule has 0 aliphatic carbocycles. The zero-order valence-corrected chi connectivity index (χ0v) is 14.7. The van der Waals surface area contributed by atoms with E-state index in [0.717, 1.165) is 32.8 Å². The molecule has 7 heteroatoms. The Morgan fingerprint density at radius 2 is 1.88 bits per heavy atom. The van der Waals surface area contributed by atoms with Gasteiger partial charge in [0.2, 0.25) is 0 Å². The summed E-state index contributed by atoms with van der Waals surface area (Å²) in [5.74, 6) is 0. The molecular weight excluding hydrogens is 360 g/mol. The van der Waals surface area contributed by atoms with Gasteiger partial charge in [-0.25, -0.2) is 9.97 Å². The number of nitrogens with one attached hydrogen (secondary N) is 1. The van der Waals surface area contributed by atoms with Crippen LogP contribution >= 0.6 is 34.3 Å². The molecule has 4 rings (SSSR count). The van der Waals surface area contributed by atoms with Crippen molar-refractivity contribution in [3.05, 3.63) is 64.6 Å². The third-order valence-electron chi connectivity index (χ3n) is 3.26. The van der Waals surface area contributed by atoms with Gasteiger partial charge in [-0.2, -0.15) is 0 Å². The van der Waals surface area contributed by atoms with Gasteiger partial charge in [0.05, 0.1) is 5.69 Å². The van der Waals surface area contributed by atoms with E-state index < -0.39 is 0 Å². The van der Waals surface area contributed by atoms with Crippen molar-refractivity contribution in [3.8, 4) is 22.0 Å². The van der Waals surface area contributed by atoms with E-state index in [1.807, 2.05) is 53.4 Å². The first-order valence-corrected chi connectivity index (χ1v) is 9.26. The van der Waals surface area contributed by atoms with E-state index in [-0.39, 0.29) is 0 Å². The smallest absolute Gasteiger partial charge is 0.187 e. The number of nitrogens with zero attached hydrogens (tertiary/aromatic N) is 3. The molecule has 3 aromatic heterocycles. The number of hydrogen-bond acceptors (Lipinski definition) is 6. The standard InChI is InChI=1S/C17H11ClN4S2/c18-12-4-1-5-13(7-12)20-17-22-15(10-24-17)16-21-14(9-23-16)11-3-2-6-19-8-11/h1-10H,(H,20,22). The van der Waals surface area contributed by atoms with Crippen LogP contribution in [0.15, 0.2) is 59.6 Å². The topological polar surface area (TPSA) is 50.7 Å². The van der Waals surface area contributed by atoms with Crippen LogP contribution in [-0.2, 0) is 0 Å². The summed E-state index contributed by atoms with van der Waals surface area (Å²) in [7, 11) is 0. The van der Waals surface area contributed by atoms with Crippen molar-refractivity contribution < 1.29 is 0 Å². The lowest BCUT2D eigenvalue weighted by Gasteiger charge is -2.01. The van der Waals surface area contributed by atoms with Gasteiger partial charge < -0.3 is 5.32 Å². The first kappa shape index (κ1) is 15.3. The van der Waals surface area contributed by atoms with Crippen molar-refractivity contribution in [3.63, 3.8) is 0 Å². The molecule has 0 atom stereocenters. The number of aromatic nitrogens is 3. The molecule has 0 radical (unpaired) electrons. The Morgan fingerprint density at radius 3 is 2.71 bits per heavy atom. The van der Waals surface area contributed by atoms with Crippen molar-refractivity contribution in [1.82, 2.24) is 15.0 Å². The molecule has 4 nitrogen and oxygen atoms in total. The minimum atomic E-state index is 0.692. The van der Waals surface area contributed by atoms with Crippen molar-refractivity contribution in [2.24, 2.45) is 0 Å². The lowest BCUT2D eigenvalue weighted by Crippen LogP contribution is -1.89. The maximum atomic E-state index is 6.00. The van der Waals surface area contributed by atoms with E-state index in [9.17, 15) is 0 Å². The number of rotatable bonds is 4. The van der Waals surface area contributed by atoms with Crippen molar-refractivity contribution in [2.45, 2.75) is 0 Å². The second kappa shape index (κ2) is 6.68. The van der Waals surface area contributed by atoms with Crippen LogP contribution in [0, 0.1) is 0 Å². The third-order valence-corrected chi connectivity index (χ3v) is 5.12. The normalized spacial score (nSPS) is 10.7. The molecule has 0 fully saturated rings. The molecule has 0 spiro atoms. The maximum Gasteiger partial charge on any atom is 0.187 e. The van der Waals surface area contributed by atoms with Crippen LogP contribution in [0.5, 0.6) is 0 Å². The van der Waals surface area contributed by atoms with Crippen LogP contribution < -0.4 is 5.32 Å². The minimum absolute atomic E-state index is 0.692. The van der Waals surface area contributed by atoms with E-state index in [0.29, 0.717) is 5.02 Å². The Bertz CT molecular complexity index is 965. The summed E-state index contributed by atoms with van der Waals surface area (Å²) in [6, 6.07) is 11.5. The molecule has 1 aromatic carbocycles. The fourth-order valence-electron chi connectivity index (χ4n) is 2.16. The molecule has 0 saturated heterocycles. The van der Waals surface area contributed by atoms with Crippen molar-refractivity contribution >= 4 is 45.1 Å². The van der Waals surface area contributed by atoms with E-state index in [1.54, 1.807) is 17.5 Å². The lowest BCUT2D eigenvalue weighted by atomic mass is 10.2. The molecule has 24 heavy (non-hydrogen) atoms. The second-order valence-corrected chi connectivity index (χ2v) is 7.11.